The van der Waals surface area contributed by atoms with Crippen LogP contribution in [-0.2, 0) is 19.9 Å². The topological polar surface area (TPSA) is 50.9 Å². The standard InChI is InChI=1S/C12H13Cl2N3O/c1-17-7-8(15-16-17)5-9(18)6-10-11(13)3-2-4-12(10)14/h2-4,7,9,18H,5-6H2,1H3. The number of aryl methyl sites for hydroxylation is 1. The van der Waals surface area contributed by atoms with Gasteiger partial charge in [-0.1, -0.05) is 34.5 Å². The van der Waals surface area contributed by atoms with E-state index in [1.807, 2.05) is 0 Å². The zero-order valence-electron chi connectivity index (χ0n) is 9.85. The highest BCUT2D eigenvalue weighted by atomic mass is 35.5. The van der Waals surface area contributed by atoms with Gasteiger partial charge >= 0.3 is 0 Å². The molecule has 2 aromatic rings. The molecule has 4 nitrogen and oxygen atoms in total. The van der Waals surface area contributed by atoms with Crippen molar-refractivity contribution in [2.45, 2.75) is 18.9 Å². The average molecular weight is 286 g/mol. The lowest BCUT2D eigenvalue weighted by atomic mass is 10.0. The number of halogens is 2. The highest BCUT2D eigenvalue weighted by Crippen LogP contribution is 2.25. The Bertz CT molecular complexity index is 522. The first kappa shape index (κ1) is 13.3. The van der Waals surface area contributed by atoms with Gasteiger partial charge in [0.1, 0.15) is 0 Å². The minimum atomic E-state index is -0.584. The molecule has 1 unspecified atom stereocenters. The minimum absolute atomic E-state index is 0.398. The van der Waals surface area contributed by atoms with Crippen molar-refractivity contribution in [2.24, 2.45) is 7.05 Å². The van der Waals surface area contributed by atoms with Crippen LogP contribution in [0.5, 0.6) is 0 Å². The number of rotatable bonds is 4. The number of hydrogen-bond acceptors (Lipinski definition) is 3. The molecule has 0 aliphatic heterocycles. The Labute approximate surface area is 115 Å². The molecule has 0 fully saturated rings. The molecule has 0 bridgehead atoms. The van der Waals surface area contributed by atoms with Crippen molar-refractivity contribution in [1.29, 1.82) is 0 Å². The van der Waals surface area contributed by atoms with Crippen LogP contribution in [0.4, 0.5) is 0 Å². The van der Waals surface area contributed by atoms with Gasteiger partial charge in [0.15, 0.2) is 0 Å². The van der Waals surface area contributed by atoms with Crippen molar-refractivity contribution in [2.75, 3.05) is 0 Å². The zero-order chi connectivity index (χ0) is 13.1. The predicted molar refractivity (Wildman–Crippen MR) is 70.9 cm³/mol. The Balaban J connectivity index is 2.05. The van der Waals surface area contributed by atoms with E-state index in [4.69, 9.17) is 23.2 Å². The lowest BCUT2D eigenvalue weighted by Crippen LogP contribution is -2.14. The first-order chi connectivity index (χ1) is 8.56. The summed E-state index contributed by atoms with van der Waals surface area (Å²) < 4.78 is 1.60. The Kier molecular flexibility index (Phi) is 4.22. The van der Waals surface area contributed by atoms with E-state index in [-0.39, 0.29) is 0 Å². The van der Waals surface area contributed by atoms with Crippen LogP contribution in [0.15, 0.2) is 24.4 Å². The van der Waals surface area contributed by atoms with Gasteiger partial charge in [-0.3, -0.25) is 4.68 Å². The summed E-state index contributed by atoms with van der Waals surface area (Å²) in [6.45, 7) is 0. The maximum atomic E-state index is 10.0. The monoisotopic (exact) mass is 285 g/mol. The van der Waals surface area contributed by atoms with Gasteiger partial charge in [0.25, 0.3) is 0 Å². The summed E-state index contributed by atoms with van der Waals surface area (Å²) in [5, 5.41) is 18.9. The van der Waals surface area contributed by atoms with Crippen LogP contribution in [0.25, 0.3) is 0 Å². The van der Waals surface area contributed by atoms with Gasteiger partial charge in [-0.25, -0.2) is 0 Å². The largest absolute Gasteiger partial charge is 0.392 e. The number of hydrogen-bond donors (Lipinski definition) is 1. The van der Waals surface area contributed by atoms with E-state index in [2.05, 4.69) is 10.3 Å². The normalized spacial score (nSPS) is 12.7. The van der Waals surface area contributed by atoms with Gasteiger partial charge in [-0.05, 0) is 17.7 Å². The van der Waals surface area contributed by atoms with E-state index in [0.717, 1.165) is 11.3 Å². The molecule has 0 radical (unpaired) electrons. The molecule has 0 aliphatic rings. The van der Waals surface area contributed by atoms with Crippen LogP contribution in [0.3, 0.4) is 0 Å². The quantitative estimate of drug-likeness (QED) is 0.938. The molecule has 1 heterocycles. The second-order valence-electron chi connectivity index (χ2n) is 4.15. The van der Waals surface area contributed by atoms with E-state index in [1.165, 1.54) is 0 Å². The van der Waals surface area contributed by atoms with Crippen LogP contribution in [0.2, 0.25) is 10.0 Å². The maximum Gasteiger partial charge on any atom is 0.0852 e. The van der Waals surface area contributed by atoms with E-state index >= 15 is 0 Å². The smallest absolute Gasteiger partial charge is 0.0852 e. The highest BCUT2D eigenvalue weighted by Gasteiger charge is 2.13. The van der Waals surface area contributed by atoms with E-state index in [0.29, 0.717) is 22.9 Å². The van der Waals surface area contributed by atoms with Gasteiger partial charge in [0.05, 0.1) is 11.8 Å². The SMILES string of the molecule is Cn1cc(CC(O)Cc2c(Cl)cccc2Cl)nn1. The Morgan fingerprint density at radius 1 is 1.28 bits per heavy atom. The molecule has 18 heavy (non-hydrogen) atoms. The Morgan fingerprint density at radius 2 is 1.94 bits per heavy atom. The number of benzene rings is 1. The van der Waals surface area contributed by atoms with Crippen LogP contribution < -0.4 is 0 Å². The number of nitrogens with zero attached hydrogens (tertiary/aromatic N) is 3. The predicted octanol–water partition coefficient (Wildman–Crippen LogP) is 2.27. The fraction of sp³-hybridized carbons (Fsp3) is 0.333. The van der Waals surface area contributed by atoms with Gasteiger partial charge in [0, 0.05) is 36.1 Å². The molecule has 0 spiro atoms. The molecule has 6 heteroatoms. The van der Waals surface area contributed by atoms with E-state index in [9.17, 15) is 5.11 Å². The van der Waals surface area contributed by atoms with Crippen molar-refractivity contribution in [1.82, 2.24) is 15.0 Å². The summed E-state index contributed by atoms with van der Waals surface area (Å²) in [6, 6.07) is 5.30. The Morgan fingerprint density at radius 3 is 2.50 bits per heavy atom. The fourth-order valence-electron chi connectivity index (χ4n) is 1.77. The molecule has 0 saturated carbocycles. The van der Waals surface area contributed by atoms with Gasteiger partial charge in [-0.15, -0.1) is 5.10 Å². The number of aliphatic hydroxyl groups excluding tert-OH is 1. The molecule has 1 atom stereocenters. The van der Waals surface area contributed by atoms with Crippen molar-refractivity contribution in [3.05, 3.63) is 45.7 Å². The molecule has 1 N–H and O–H groups in total. The number of aliphatic hydroxyl groups is 1. The van der Waals surface area contributed by atoms with Crippen LogP contribution >= 0.6 is 23.2 Å². The summed E-state index contributed by atoms with van der Waals surface area (Å²) in [4.78, 5) is 0. The molecule has 0 aliphatic carbocycles. The van der Waals surface area contributed by atoms with Gasteiger partial charge in [0.2, 0.25) is 0 Å². The average Bonchev–Trinajstić information content (AvgIpc) is 2.69. The summed E-state index contributed by atoms with van der Waals surface area (Å²) in [5.74, 6) is 0. The van der Waals surface area contributed by atoms with Crippen molar-refractivity contribution in [3.63, 3.8) is 0 Å². The minimum Gasteiger partial charge on any atom is -0.392 e. The Hall–Kier alpha value is -1.10. The second kappa shape index (κ2) is 5.69. The van der Waals surface area contributed by atoms with E-state index < -0.39 is 6.10 Å². The maximum absolute atomic E-state index is 10.0. The molecule has 1 aromatic heterocycles. The fourth-order valence-corrected chi connectivity index (χ4v) is 2.32. The molecule has 0 amide bonds. The summed E-state index contributed by atoms with van der Waals surface area (Å²) in [5.41, 5.74) is 1.50. The summed E-state index contributed by atoms with van der Waals surface area (Å²) >= 11 is 12.1. The number of aromatic nitrogens is 3. The first-order valence-corrected chi connectivity index (χ1v) is 6.28. The van der Waals surface area contributed by atoms with Gasteiger partial charge in [-0.2, -0.15) is 0 Å². The first-order valence-electron chi connectivity index (χ1n) is 5.52. The third-order valence-corrected chi connectivity index (χ3v) is 3.30. The van der Waals surface area contributed by atoms with E-state index in [1.54, 1.807) is 36.1 Å². The summed E-state index contributed by atoms with van der Waals surface area (Å²) in [6.07, 6.45) is 2.01. The van der Waals surface area contributed by atoms with Crippen LogP contribution in [0.1, 0.15) is 11.3 Å². The molecule has 2 rings (SSSR count). The lowest BCUT2D eigenvalue weighted by molar-refractivity contribution is 0.174. The second-order valence-corrected chi connectivity index (χ2v) is 4.96. The molecular formula is C12H13Cl2N3O. The molecule has 96 valence electrons. The molecule has 0 saturated heterocycles. The van der Waals surface area contributed by atoms with Crippen LogP contribution in [0, 0.1) is 0 Å². The highest BCUT2D eigenvalue weighted by molar-refractivity contribution is 6.35. The van der Waals surface area contributed by atoms with Crippen molar-refractivity contribution < 1.29 is 5.11 Å². The molecular weight excluding hydrogens is 273 g/mol. The third-order valence-electron chi connectivity index (χ3n) is 2.60. The zero-order valence-corrected chi connectivity index (χ0v) is 11.4. The lowest BCUT2D eigenvalue weighted by Gasteiger charge is -2.11. The molecule has 1 aromatic carbocycles. The third kappa shape index (κ3) is 3.22. The van der Waals surface area contributed by atoms with Crippen molar-refractivity contribution in [3.8, 4) is 0 Å². The van der Waals surface area contributed by atoms with Crippen molar-refractivity contribution >= 4 is 23.2 Å². The summed E-state index contributed by atoms with van der Waals surface area (Å²) in [7, 11) is 1.79. The van der Waals surface area contributed by atoms with Gasteiger partial charge < -0.3 is 5.11 Å². The van der Waals surface area contributed by atoms with Crippen LogP contribution in [-0.4, -0.2) is 26.2 Å².